The Morgan fingerprint density at radius 1 is 1.17 bits per heavy atom. The molecular weight excluding hydrogens is 418 g/mol. The van der Waals surface area contributed by atoms with Gasteiger partial charge < -0.3 is 14.4 Å². The van der Waals surface area contributed by atoms with E-state index in [0.29, 0.717) is 18.7 Å². The van der Waals surface area contributed by atoms with Crippen LogP contribution in [0.1, 0.15) is 27.6 Å². The van der Waals surface area contributed by atoms with Crippen LogP contribution >= 0.6 is 11.8 Å². The van der Waals surface area contributed by atoms with Gasteiger partial charge in [0.2, 0.25) is 0 Å². The molecule has 0 aromatic heterocycles. The summed E-state index contributed by atoms with van der Waals surface area (Å²) in [4.78, 5) is 25.4. The zero-order valence-corrected chi connectivity index (χ0v) is 17.2. The summed E-state index contributed by atoms with van der Waals surface area (Å²) in [6, 6.07) is 5.77. The molecule has 2 aromatic carbocycles. The van der Waals surface area contributed by atoms with E-state index in [1.807, 2.05) is 0 Å². The Bertz CT molecular complexity index is 972. The molecule has 3 rings (SSSR count). The number of nitrogens with zero attached hydrogens (tertiary/aromatic N) is 2. The third-order valence-electron chi connectivity index (χ3n) is 4.86. The van der Waals surface area contributed by atoms with Gasteiger partial charge in [0, 0.05) is 35.7 Å². The maximum Gasteiger partial charge on any atom is 0.286 e. The highest BCUT2D eigenvalue weighted by Crippen LogP contribution is 2.38. The van der Waals surface area contributed by atoms with Crippen molar-refractivity contribution in [2.45, 2.75) is 11.7 Å². The van der Waals surface area contributed by atoms with Gasteiger partial charge in [-0.2, -0.15) is 11.8 Å². The van der Waals surface area contributed by atoms with Crippen LogP contribution < -0.4 is 9.47 Å². The molecule has 1 unspecified atom stereocenters. The minimum Gasteiger partial charge on any atom is -0.493 e. The van der Waals surface area contributed by atoms with Crippen molar-refractivity contribution in [2.75, 3.05) is 33.1 Å². The summed E-state index contributed by atoms with van der Waals surface area (Å²) in [5.41, 5.74) is -0.244. The number of nitro benzene ring substituents is 1. The predicted molar refractivity (Wildman–Crippen MR) is 108 cm³/mol. The molecule has 1 fully saturated rings. The van der Waals surface area contributed by atoms with E-state index in [1.165, 1.54) is 43.0 Å². The van der Waals surface area contributed by atoms with Gasteiger partial charge in [-0.1, -0.05) is 0 Å². The van der Waals surface area contributed by atoms with Crippen molar-refractivity contribution in [3.05, 3.63) is 63.2 Å². The summed E-state index contributed by atoms with van der Waals surface area (Å²) in [5.74, 6) is -0.713. The highest BCUT2D eigenvalue weighted by atomic mass is 32.2. The van der Waals surface area contributed by atoms with Crippen molar-refractivity contribution in [1.29, 1.82) is 0 Å². The van der Waals surface area contributed by atoms with Crippen LogP contribution in [0.15, 0.2) is 30.3 Å². The molecule has 10 heteroatoms. The first-order chi connectivity index (χ1) is 14.3. The lowest BCUT2D eigenvalue weighted by molar-refractivity contribution is -0.385. The fourth-order valence-electron chi connectivity index (χ4n) is 3.34. The van der Waals surface area contributed by atoms with Crippen LogP contribution in [0.2, 0.25) is 0 Å². The fraction of sp³-hybridized carbons (Fsp3) is 0.350. The van der Waals surface area contributed by atoms with Crippen LogP contribution in [0.4, 0.5) is 14.5 Å². The van der Waals surface area contributed by atoms with E-state index in [2.05, 4.69) is 0 Å². The Morgan fingerprint density at radius 3 is 2.53 bits per heavy atom. The number of halogens is 2. The quantitative estimate of drug-likeness (QED) is 0.514. The molecule has 0 bridgehead atoms. The van der Waals surface area contributed by atoms with Crippen LogP contribution in [0.5, 0.6) is 11.5 Å². The van der Waals surface area contributed by atoms with Crippen molar-refractivity contribution >= 4 is 23.4 Å². The molecule has 1 amide bonds. The van der Waals surface area contributed by atoms with E-state index in [1.54, 1.807) is 0 Å². The molecule has 7 nitrogen and oxygen atoms in total. The van der Waals surface area contributed by atoms with Crippen LogP contribution in [-0.2, 0) is 0 Å². The molecule has 0 saturated carbocycles. The second kappa shape index (κ2) is 9.29. The lowest BCUT2D eigenvalue weighted by Gasteiger charge is -2.21. The first-order valence-electron chi connectivity index (χ1n) is 9.12. The number of carbonyl (C=O) groups is 1. The third-order valence-corrected chi connectivity index (χ3v) is 6.17. The average Bonchev–Trinajstić information content (AvgIpc) is 3.00. The van der Waals surface area contributed by atoms with E-state index in [4.69, 9.17) is 9.47 Å². The van der Waals surface area contributed by atoms with Gasteiger partial charge in [-0.25, -0.2) is 8.78 Å². The first-order valence-corrected chi connectivity index (χ1v) is 10.2. The van der Waals surface area contributed by atoms with Crippen LogP contribution in [-0.4, -0.2) is 48.8 Å². The Morgan fingerprint density at radius 2 is 1.87 bits per heavy atom. The maximum atomic E-state index is 14.1. The molecule has 1 heterocycles. The van der Waals surface area contributed by atoms with Gasteiger partial charge in [-0.3, -0.25) is 14.9 Å². The summed E-state index contributed by atoms with van der Waals surface area (Å²) in [5, 5.41) is 11.2. The van der Waals surface area contributed by atoms with Gasteiger partial charge >= 0.3 is 0 Å². The summed E-state index contributed by atoms with van der Waals surface area (Å²) in [6.07, 6.45) is 0.387. The van der Waals surface area contributed by atoms with Gasteiger partial charge in [0.25, 0.3) is 11.6 Å². The Kier molecular flexibility index (Phi) is 6.76. The van der Waals surface area contributed by atoms with E-state index in [9.17, 15) is 23.7 Å². The molecule has 2 aromatic rings. The fourth-order valence-corrected chi connectivity index (χ4v) is 4.59. The van der Waals surface area contributed by atoms with Crippen molar-refractivity contribution in [3.8, 4) is 11.5 Å². The van der Waals surface area contributed by atoms with Crippen molar-refractivity contribution in [2.24, 2.45) is 0 Å². The van der Waals surface area contributed by atoms with E-state index >= 15 is 0 Å². The smallest absolute Gasteiger partial charge is 0.286 e. The Hall–Kier alpha value is -2.88. The lowest BCUT2D eigenvalue weighted by atomic mass is 10.1. The van der Waals surface area contributed by atoms with E-state index in [-0.39, 0.29) is 40.1 Å². The van der Waals surface area contributed by atoms with Crippen LogP contribution in [0.25, 0.3) is 0 Å². The topological polar surface area (TPSA) is 81.9 Å². The highest BCUT2D eigenvalue weighted by Gasteiger charge is 2.30. The summed E-state index contributed by atoms with van der Waals surface area (Å²) < 4.78 is 38.0. The average molecular weight is 438 g/mol. The summed E-state index contributed by atoms with van der Waals surface area (Å²) in [7, 11) is 2.72. The SMILES string of the molecule is COc1cc(C(=O)N2CCSC(c3cc(F)ccc3F)CC2)c([N+](=O)[O-])cc1OC. The van der Waals surface area contributed by atoms with Crippen LogP contribution in [0, 0.1) is 21.7 Å². The largest absolute Gasteiger partial charge is 0.493 e. The molecule has 1 aliphatic rings. The molecule has 0 N–H and O–H groups in total. The molecular formula is C20H20F2N2O5S. The molecule has 1 aliphatic heterocycles. The normalized spacial score (nSPS) is 16.7. The predicted octanol–water partition coefficient (Wildman–Crippen LogP) is 4.21. The second-order valence-electron chi connectivity index (χ2n) is 6.59. The number of rotatable bonds is 5. The zero-order valence-electron chi connectivity index (χ0n) is 16.4. The number of carbonyl (C=O) groups excluding carboxylic acids is 1. The minimum absolute atomic E-state index is 0.113. The van der Waals surface area contributed by atoms with Gasteiger partial charge in [0.1, 0.15) is 17.2 Å². The van der Waals surface area contributed by atoms with Gasteiger partial charge in [0.15, 0.2) is 11.5 Å². The molecule has 0 radical (unpaired) electrons. The monoisotopic (exact) mass is 438 g/mol. The van der Waals surface area contributed by atoms with Gasteiger partial charge in [-0.15, -0.1) is 0 Å². The van der Waals surface area contributed by atoms with Gasteiger partial charge in [0.05, 0.1) is 25.2 Å². The summed E-state index contributed by atoms with van der Waals surface area (Å²) >= 11 is 1.42. The number of thioether (sulfide) groups is 1. The molecule has 0 aliphatic carbocycles. The number of ether oxygens (including phenoxy) is 2. The van der Waals surface area contributed by atoms with E-state index in [0.717, 1.165) is 18.2 Å². The lowest BCUT2D eigenvalue weighted by Crippen LogP contribution is -2.33. The molecule has 0 spiro atoms. The van der Waals surface area contributed by atoms with Crippen LogP contribution in [0.3, 0.4) is 0 Å². The molecule has 160 valence electrons. The number of methoxy groups -OCH3 is 2. The summed E-state index contributed by atoms with van der Waals surface area (Å²) in [6.45, 7) is 0.570. The van der Waals surface area contributed by atoms with Crippen molar-refractivity contribution in [3.63, 3.8) is 0 Å². The molecule has 30 heavy (non-hydrogen) atoms. The Labute approximate surface area is 176 Å². The van der Waals surface area contributed by atoms with Gasteiger partial charge in [-0.05, 0) is 24.6 Å². The molecule has 1 saturated heterocycles. The Balaban J connectivity index is 1.86. The number of benzene rings is 2. The molecule has 1 atom stereocenters. The number of amides is 1. The standard InChI is InChI=1S/C20H20F2N2O5S/c1-28-17-10-14(16(24(26)27)11-18(17)29-2)20(25)23-6-5-19(30-8-7-23)13-9-12(21)3-4-15(13)22/h3-4,9-11,19H,5-8H2,1-2H3. The minimum atomic E-state index is -0.646. The zero-order chi connectivity index (χ0) is 21.8. The number of hydrogen-bond donors (Lipinski definition) is 0. The van der Waals surface area contributed by atoms with Crippen molar-refractivity contribution < 1.29 is 28.0 Å². The van der Waals surface area contributed by atoms with Crippen molar-refractivity contribution in [1.82, 2.24) is 4.90 Å². The number of hydrogen-bond acceptors (Lipinski definition) is 6. The second-order valence-corrected chi connectivity index (χ2v) is 7.90. The number of nitro groups is 1. The highest BCUT2D eigenvalue weighted by molar-refractivity contribution is 7.99. The first kappa shape index (κ1) is 21.8. The maximum absolute atomic E-state index is 14.1. The third kappa shape index (κ3) is 4.48. The van der Waals surface area contributed by atoms with E-state index < -0.39 is 22.5 Å².